The van der Waals surface area contributed by atoms with E-state index >= 15 is 0 Å². The Hall–Kier alpha value is -1.85. The van der Waals surface area contributed by atoms with Gasteiger partial charge >= 0.3 is 0 Å². The summed E-state index contributed by atoms with van der Waals surface area (Å²) in [6, 6.07) is 6.58. The Bertz CT molecular complexity index is 678. The number of aromatic amines is 1. The first-order valence-electron chi connectivity index (χ1n) is 6.00. The van der Waals surface area contributed by atoms with Crippen molar-refractivity contribution in [3.8, 4) is 17.0 Å². The smallest absolute Gasteiger partial charge is 0.262 e. The molecule has 0 radical (unpaired) electrons. The van der Waals surface area contributed by atoms with Crippen molar-refractivity contribution in [1.29, 1.82) is 0 Å². The van der Waals surface area contributed by atoms with Crippen LogP contribution in [0.2, 0.25) is 5.02 Å². The third kappa shape index (κ3) is 2.69. The molecule has 0 fully saturated rings. The van der Waals surface area contributed by atoms with Crippen LogP contribution in [0.5, 0.6) is 5.88 Å². The minimum Gasteiger partial charge on any atom is -0.493 e. The molecular weight excluding hydrogens is 280 g/mol. The SMILES string of the molecule is COC(C)(C)c1nc(O)c(-c2ccc(Cl)cc2)c(=O)[nH]1. The van der Waals surface area contributed by atoms with E-state index in [0.29, 0.717) is 10.6 Å². The highest BCUT2D eigenvalue weighted by Crippen LogP contribution is 2.27. The van der Waals surface area contributed by atoms with Crippen LogP contribution in [0, 0.1) is 0 Å². The molecule has 1 aromatic carbocycles. The standard InChI is InChI=1S/C14H15ClN2O3/c1-14(2,20-3)13-16-11(18)10(12(19)17-13)8-4-6-9(15)7-5-8/h4-7H,1-3H3,(H2,16,17,18,19). The molecule has 5 nitrogen and oxygen atoms in total. The van der Waals surface area contributed by atoms with Crippen molar-refractivity contribution in [3.05, 3.63) is 45.5 Å². The van der Waals surface area contributed by atoms with Gasteiger partial charge in [-0.2, -0.15) is 4.98 Å². The number of aromatic hydroxyl groups is 1. The summed E-state index contributed by atoms with van der Waals surface area (Å²) in [6.45, 7) is 3.49. The van der Waals surface area contributed by atoms with E-state index in [-0.39, 0.29) is 17.3 Å². The summed E-state index contributed by atoms with van der Waals surface area (Å²) in [6.07, 6.45) is 0. The third-order valence-electron chi connectivity index (χ3n) is 3.11. The molecule has 20 heavy (non-hydrogen) atoms. The molecule has 2 aromatic rings. The van der Waals surface area contributed by atoms with E-state index in [4.69, 9.17) is 16.3 Å². The predicted molar refractivity (Wildman–Crippen MR) is 77.0 cm³/mol. The van der Waals surface area contributed by atoms with Gasteiger partial charge in [-0.05, 0) is 31.5 Å². The fourth-order valence-electron chi connectivity index (χ4n) is 1.72. The van der Waals surface area contributed by atoms with Gasteiger partial charge < -0.3 is 14.8 Å². The van der Waals surface area contributed by atoms with Gasteiger partial charge in [0.1, 0.15) is 17.0 Å². The maximum atomic E-state index is 12.2. The van der Waals surface area contributed by atoms with E-state index in [1.807, 2.05) is 0 Å². The number of hydrogen-bond acceptors (Lipinski definition) is 4. The van der Waals surface area contributed by atoms with Crippen LogP contribution in [0.1, 0.15) is 19.7 Å². The Kier molecular flexibility index (Phi) is 3.83. The number of hydrogen-bond donors (Lipinski definition) is 2. The van der Waals surface area contributed by atoms with E-state index < -0.39 is 11.2 Å². The number of methoxy groups -OCH3 is 1. The highest BCUT2D eigenvalue weighted by molar-refractivity contribution is 6.30. The molecule has 0 amide bonds. The van der Waals surface area contributed by atoms with Crippen LogP contribution in [0.25, 0.3) is 11.1 Å². The monoisotopic (exact) mass is 294 g/mol. The second-order valence-electron chi connectivity index (χ2n) is 4.83. The average Bonchev–Trinajstić information content (AvgIpc) is 2.40. The van der Waals surface area contributed by atoms with Gasteiger partial charge in [0.25, 0.3) is 5.56 Å². The van der Waals surface area contributed by atoms with Gasteiger partial charge in [-0.3, -0.25) is 4.79 Å². The van der Waals surface area contributed by atoms with Gasteiger partial charge in [0.05, 0.1) is 0 Å². The first-order valence-corrected chi connectivity index (χ1v) is 6.38. The summed E-state index contributed by atoms with van der Waals surface area (Å²) in [5, 5.41) is 10.6. The van der Waals surface area contributed by atoms with Crippen LogP contribution < -0.4 is 5.56 Å². The minimum atomic E-state index is -0.796. The zero-order chi connectivity index (χ0) is 14.9. The summed E-state index contributed by atoms with van der Waals surface area (Å²) in [7, 11) is 1.50. The van der Waals surface area contributed by atoms with Gasteiger partial charge in [-0.1, -0.05) is 23.7 Å². The second kappa shape index (κ2) is 5.26. The molecule has 0 spiro atoms. The molecule has 1 aromatic heterocycles. The number of rotatable bonds is 3. The predicted octanol–water partition coefficient (Wildman–Crippen LogP) is 2.68. The largest absolute Gasteiger partial charge is 0.493 e. The topological polar surface area (TPSA) is 75.2 Å². The number of halogens is 1. The highest BCUT2D eigenvalue weighted by Gasteiger charge is 2.25. The minimum absolute atomic E-state index is 0.109. The Labute approximate surface area is 121 Å². The summed E-state index contributed by atoms with van der Waals surface area (Å²) < 4.78 is 5.23. The van der Waals surface area contributed by atoms with Gasteiger partial charge in [-0.25, -0.2) is 0 Å². The summed E-state index contributed by atoms with van der Waals surface area (Å²) in [5.41, 5.74) is -0.575. The Morgan fingerprint density at radius 3 is 2.40 bits per heavy atom. The summed E-state index contributed by atoms with van der Waals surface area (Å²) in [5.74, 6) is -0.0728. The van der Waals surface area contributed by atoms with Crippen molar-refractivity contribution < 1.29 is 9.84 Å². The molecule has 0 saturated heterocycles. The molecular formula is C14H15ClN2O3. The van der Waals surface area contributed by atoms with Gasteiger partial charge in [-0.15, -0.1) is 0 Å². The molecule has 6 heteroatoms. The van der Waals surface area contributed by atoms with E-state index in [1.165, 1.54) is 7.11 Å². The summed E-state index contributed by atoms with van der Waals surface area (Å²) >= 11 is 5.80. The molecule has 0 aliphatic carbocycles. The molecule has 0 bridgehead atoms. The lowest BCUT2D eigenvalue weighted by Gasteiger charge is -2.21. The van der Waals surface area contributed by atoms with E-state index in [2.05, 4.69) is 9.97 Å². The third-order valence-corrected chi connectivity index (χ3v) is 3.37. The van der Waals surface area contributed by atoms with Crippen LogP contribution in [-0.2, 0) is 10.3 Å². The van der Waals surface area contributed by atoms with E-state index in [1.54, 1.807) is 38.1 Å². The molecule has 0 aliphatic heterocycles. The maximum Gasteiger partial charge on any atom is 0.262 e. The quantitative estimate of drug-likeness (QED) is 0.912. The summed E-state index contributed by atoms with van der Waals surface area (Å²) in [4.78, 5) is 18.8. The Balaban J connectivity index is 2.58. The number of ether oxygens (including phenoxy) is 1. The Morgan fingerprint density at radius 1 is 1.30 bits per heavy atom. The highest BCUT2D eigenvalue weighted by atomic mass is 35.5. The van der Waals surface area contributed by atoms with Crippen LogP contribution >= 0.6 is 11.6 Å². The molecule has 0 saturated carbocycles. The fourth-order valence-corrected chi connectivity index (χ4v) is 1.85. The van der Waals surface area contributed by atoms with Crippen molar-refractivity contribution in [2.75, 3.05) is 7.11 Å². The zero-order valence-corrected chi connectivity index (χ0v) is 12.2. The van der Waals surface area contributed by atoms with E-state index in [0.717, 1.165) is 0 Å². The second-order valence-corrected chi connectivity index (χ2v) is 5.27. The molecule has 2 N–H and O–H groups in total. The van der Waals surface area contributed by atoms with Crippen molar-refractivity contribution >= 4 is 11.6 Å². The molecule has 0 atom stereocenters. The lowest BCUT2D eigenvalue weighted by Crippen LogP contribution is -2.27. The number of benzene rings is 1. The normalized spacial score (nSPS) is 11.6. The molecule has 0 aliphatic rings. The first kappa shape index (κ1) is 14.6. The number of nitrogens with one attached hydrogen (secondary N) is 1. The van der Waals surface area contributed by atoms with Gasteiger partial charge in [0, 0.05) is 12.1 Å². The number of H-pyrrole nitrogens is 1. The lowest BCUT2D eigenvalue weighted by molar-refractivity contribution is 0.0108. The number of aromatic nitrogens is 2. The maximum absolute atomic E-state index is 12.2. The molecule has 0 unspecified atom stereocenters. The number of nitrogens with zero attached hydrogens (tertiary/aromatic N) is 1. The van der Waals surface area contributed by atoms with Crippen LogP contribution in [0.15, 0.2) is 29.1 Å². The first-order chi connectivity index (χ1) is 9.35. The zero-order valence-electron chi connectivity index (χ0n) is 11.4. The van der Waals surface area contributed by atoms with E-state index in [9.17, 15) is 9.90 Å². The molecule has 2 rings (SSSR count). The van der Waals surface area contributed by atoms with Crippen molar-refractivity contribution in [3.63, 3.8) is 0 Å². The average molecular weight is 295 g/mol. The molecule has 106 valence electrons. The molecule has 1 heterocycles. The Morgan fingerprint density at radius 2 is 1.90 bits per heavy atom. The van der Waals surface area contributed by atoms with Gasteiger partial charge in [0.15, 0.2) is 0 Å². The van der Waals surface area contributed by atoms with Crippen LogP contribution in [0.4, 0.5) is 0 Å². The fraction of sp³-hybridized carbons (Fsp3) is 0.286. The van der Waals surface area contributed by atoms with Crippen LogP contribution in [0.3, 0.4) is 0 Å². The van der Waals surface area contributed by atoms with Gasteiger partial charge in [0.2, 0.25) is 5.88 Å². The van der Waals surface area contributed by atoms with Crippen molar-refractivity contribution in [2.45, 2.75) is 19.4 Å². The lowest BCUT2D eigenvalue weighted by atomic mass is 10.1. The van der Waals surface area contributed by atoms with Crippen molar-refractivity contribution in [2.24, 2.45) is 0 Å². The van der Waals surface area contributed by atoms with Crippen molar-refractivity contribution in [1.82, 2.24) is 9.97 Å². The van der Waals surface area contributed by atoms with Crippen LogP contribution in [-0.4, -0.2) is 22.2 Å².